The summed E-state index contributed by atoms with van der Waals surface area (Å²) < 4.78 is 5.25. The van der Waals surface area contributed by atoms with Crippen molar-refractivity contribution in [1.29, 1.82) is 0 Å². The number of carbonyl (C=O) groups is 1. The Labute approximate surface area is 110 Å². The van der Waals surface area contributed by atoms with Gasteiger partial charge in [0.2, 0.25) is 5.91 Å². The summed E-state index contributed by atoms with van der Waals surface area (Å²) in [5.74, 6) is 0.123. The predicted molar refractivity (Wildman–Crippen MR) is 70.4 cm³/mol. The van der Waals surface area contributed by atoms with Crippen LogP contribution in [0.2, 0.25) is 0 Å². The number of aliphatic hydroxyl groups is 1. The number of carbonyl (C=O) groups excluding carboxylic acids is 1. The van der Waals surface area contributed by atoms with Gasteiger partial charge in [0.15, 0.2) is 0 Å². The van der Waals surface area contributed by atoms with Crippen LogP contribution in [0.4, 0.5) is 0 Å². The van der Waals surface area contributed by atoms with E-state index in [4.69, 9.17) is 4.74 Å². The van der Waals surface area contributed by atoms with Crippen molar-refractivity contribution in [3.8, 4) is 0 Å². The van der Waals surface area contributed by atoms with Crippen LogP contribution in [0.3, 0.4) is 0 Å². The first-order chi connectivity index (χ1) is 8.50. The van der Waals surface area contributed by atoms with Crippen molar-refractivity contribution >= 4 is 5.91 Å². The Kier molecular flexibility index (Phi) is 6.05. The SMILES string of the molecule is CCN(CC)C(=O)CN(C)CC1(O)CCOCC1. The van der Waals surface area contributed by atoms with Gasteiger partial charge in [0, 0.05) is 45.7 Å². The zero-order valence-corrected chi connectivity index (χ0v) is 11.8. The highest BCUT2D eigenvalue weighted by molar-refractivity contribution is 5.78. The van der Waals surface area contributed by atoms with E-state index in [0.717, 1.165) is 13.1 Å². The molecular weight excluding hydrogens is 232 g/mol. The van der Waals surface area contributed by atoms with E-state index in [1.807, 2.05) is 30.7 Å². The molecule has 1 heterocycles. The minimum Gasteiger partial charge on any atom is -0.388 e. The minimum absolute atomic E-state index is 0.123. The Morgan fingerprint density at radius 1 is 1.28 bits per heavy atom. The van der Waals surface area contributed by atoms with Crippen LogP contribution in [0.15, 0.2) is 0 Å². The summed E-state index contributed by atoms with van der Waals surface area (Å²) in [5.41, 5.74) is -0.698. The molecule has 1 amide bonds. The molecule has 106 valence electrons. The molecule has 5 heteroatoms. The fourth-order valence-corrected chi connectivity index (χ4v) is 2.38. The first-order valence-electron chi connectivity index (χ1n) is 6.77. The van der Waals surface area contributed by atoms with Crippen LogP contribution in [-0.4, -0.2) is 72.9 Å². The maximum absolute atomic E-state index is 11.9. The predicted octanol–water partition coefficient (Wildman–Crippen LogP) is 0.328. The van der Waals surface area contributed by atoms with Crippen LogP contribution >= 0.6 is 0 Å². The van der Waals surface area contributed by atoms with Gasteiger partial charge in [-0.25, -0.2) is 0 Å². The number of hydrogen-bond acceptors (Lipinski definition) is 4. The highest BCUT2D eigenvalue weighted by Crippen LogP contribution is 2.21. The van der Waals surface area contributed by atoms with E-state index >= 15 is 0 Å². The van der Waals surface area contributed by atoms with Crippen molar-refractivity contribution in [2.24, 2.45) is 0 Å². The summed E-state index contributed by atoms with van der Waals surface area (Å²) in [6.45, 7) is 7.54. The maximum Gasteiger partial charge on any atom is 0.236 e. The van der Waals surface area contributed by atoms with Crippen molar-refractivity contribution in [3.63, 3.8) is 0 Å². The Morgan fingerprint density at radius 2 is 1.83 bits per heavy atom. The van der Waals surface area contributed by atoms with E-state index in [0.29, 0.717) is 39.1 Å². The quantitative estimate of drug-likeness (QED) is 0.746. The molecule has 1 rings (SSSR count). The second kappa shape index (κ2) is 7.07. The van der Waals surface area contributed by atoms with Crippen molar-refractivity contribution in [2.45, 2.75) is 32.3 Å². The molecule has 18 heavy (non-hydrogen) atoms. The Balaban J connectivity index is 2.40. The summed E-state index contributed by atoms with van der Waals surface area (Å²) in [4.78, 5) is 15.7. The fourth-order valence-electron chi connectivity index (χ4n) is 2.38. The molecule has 5 nitrogen and oxygen atoms in total. The average molecular weight is 258 g/mol. The van der Waals surface area contributed by atoms with E-state index in [9.17, 15) is 9.90 Å². The molecule has 0 saturated carbocycles. The van der Waals surface area contributed by atoms with E-state index in [-0.39, 0.29) is 5.91 Å². The molecule has 0 radical (unpaired) electrons. The Hall–Kier alpha value is -0.650. The van der Waals surface area contributed by atoms with Gasteiger partial charge in [0.25, 0.3) is 0 Å². The van der Waals surface area contributed by atoms with Gasteiger partial charge in [0.05, 0.1) is 12.1 Å². The zero-order chi connectivity index (χ0) is 13.6. The zero-order valence-electron chi connectivity index (χ0n) is 11.8. The number of likely N-dealkylation sites (N-methyl/N-ethyl adjacent to an activating group) is 2. The van der Waals surface area contributed by atoms with Gasteiger partial charge < -0.3 is 14.7 Å². The molecule has 0 aromatic rings. The third-order valence-corrected chi connectivity index (χ3v) is 3.51. The minimum atomic E-state index is -0.698. The summed E-state index contributed by atoms with van der Waals surface area (Å²) in [5, 5.41) is 10.4. The molecular formula is C13H26N2O3. The molecule has 1 aliphatic rings. The topological polar surface area (TPSA) is 53.0 Å². The van der Waals surface area contributed by atoms with Gasteiger partial charge in [0.1, 0.15) is 0 Å². The lowest BCUT2D eigenvalue weighted by Gasteiger charge is -2.35. The lowest BCUT2D eigenvalue weighted by Crippen LogP contribution is -2.48. The van der Waals surface area contributed by atoms with Crippen molar-refractivity contribution in [1.82, 2.24) is 9.80 Å². The molecule has 1 N–H and O–H groups in total. The second-order valence-corrected chi connectivity index (χ2v) is 5.08. The molecule has 0 bridgehead atoms. The van der Waals surface area contributed by atoms with E-state index in [2.05, 4.69) is 0 Å². The first-order valence-corrected chi connectivity index (χ1v) is 6.77. The number of hydrogen-bond donors (Lipinski definition) is 1. The van der Waals surface area contributed by atoms with Gasteiger partial charge in [-0.15, -0.1) is 0 Å². The molecule has 1 fully saturated rings. The highest BCUT2D eigenvalue weighted by atomic mass is 16.5. The molecule has 0 unspecified atom stereocenters. The monoisotopic (exact) mass is 258 g/mol. The summed E-state index contributed by atoms with van der Waals surface area (Å²) in [6.07, 6.45) is 1.30. The average Bonchev–Trinajstić information content (AvgIpc) is 2.30. The normalized spacial score (nSPS) is 18.9. The van der Waals surface area contributed by atoms with Crippen molar-refractivity contribution in [2.75, 3.05) is 46.4 Å². The van der Waals surface area contributed by atoms with Crippen LogP contribution in [0, 0.1) is 0 Å². The van der Waals surface area contributed by atoms with Gasteiger partial charge in [-0.1, -0.05) is 0 Å². The molecule has 0 spiro atoms. The number of amides is 1. The summed E-state index contributed by atoms with van der Waals surface area (Å²) >= 11 is 0. The number of nitrogens with zero attached hydrogens (tertiary/aromatic N) is 2. The van der Waals surface area contributed by atoms with Gasteiger partial charge in [-0.3, -0.25) is 9.69 Å². The third-order valence-electron chi connectivity index (χ3n) is 3.51. The summed E-state index contributed by atoms with van der Waals surface area (Å²) in [7, 11) is 1.88. The van der Waals surface area contributed by atoms with Gasteiger partial charge in [-0.2, -0.15) is 0 Å². The third kappa shape index (κ3) is 4.55. The van der Waals surface area contributed by atoms with Crippen LogP contribution in [0.1, 0.15) is 26.7 Å². The second-order valence-electron chi connectivity index (χ2n) is 5.08. The smallest absolute Gasteiger partial charge is 0.236 e. The van der Waals surface area contributed by atoms with Crippen LogP contribution in [0.25, 0.3) is 0 Å². The van der Waals surface area contributed by atoms with Gasteiger partial charge >= 0.3 is 0 Å². The molecule has 0 aliphatic carbocycles. The lowest BCUT2D eigenvalue weighted by atomic mass is 9.94. The standard InChI is InChI=1S/C13H26N2O3/c1-4-15(5-2)12(16)10-14(3)11-13(17)6-8-18-9-7-13/h17H,4-11H2,1-3H3. The Morgan fingerprint density at radius 3 is 2.33 bits per heavy atom. The van der Waals surface area contributed by atoms with Crippen molar-refractivity contribution < 1.29 is 14.6 Å². The van der Waals surface area contributed by atoms with Crippen LogP contribution in [0.5, 0.6) is 0 Å². The number of rotatable bonds is 6. The van der Waals surface area contributed by atoms with Crippen molar-refractivity contribution in [3.05, 3.63) is 0 Å². The Bertz CT molecular complexity index is 261. The van der Waals surface area contributed by atoms with E-state index in [1.54, 1.807) is 0 Å². The molecule has 0 aromatic heterocycles. The highest BCUT2D eigenvalue weighted by Gasteiger charge is 2.31. The largest absolute Gasteiger partial charge is 0.388 e. The van der Waals surface area contributed by atoms with E-state index in [1.165, 1.54) is 0 Å². The van der Waals surface area contributed by atoms with Crippen LogP contribution in [-0.2, 0) is 9.53 Å². The maximum atomic E-state index is 11.9. The summed E-state index contributed by atoms with van der Waals surface area (Å²) in [6, 6.07) is 0. The molecule has 1 aliphatic heterocycles. The van der Waals surface area contributed by atoms with E-state index < -0.39 is 5.60 Å². The lowest BCUT2D eigenvalue weighted by molar-refractivity contribution is -0.133. The first kappa shape index (κ1) is 15.4. The van der Waals surface area contributed by atoms with Crippen LogP contribution < -0.4 is 0 Å². The fraction of sp³-hybridized carbons (Fsp3) is 0.923. The molecule has 0 aromatic carbocycles. The molecule has 0 atom stereocenters. The molecule has 1 saturated heterocycles. The van der Waals surface area contributed by atoms with Gasteiger partial charge in [-0.05, 0) is 20.9 Å². The number of ether oxygens (including phenoxy) is 1.